The second kappa shape index (κ2) is 8.52. The van der Waals surface area contributed by atoms with Gasteiger partial charge in [0, 0.05) is 35.0 Å². The van der Waals surface area contributed by atoms with Crippen molar-refractivity contribution in [2.75, 3.05) is 11.9 Å². The summed E-state index contributed by atoms with van der Waals surface area (Å²) in [7, 11) is 0. The van der Waals surface area contributed by atoms with E-state index in [1.165, 1.54) is 0 Å². The third kappa shape index (κ3) is 5.16. The Kier molecular flexibility index (Phi) is 6.08. The number of nitrogens with one attached hydrogen (secondary N) is 2. The second-order valence-electron chi connectivity index (χ2n) is 7.47. The van der Waals surface area contributed by atoms with Crippen molar-refractivity contribution < 1.29 is 9.32 Å². The monoisotopic (exact) mass is 399 g/mol. The molecule has 0 radical (unpaired) electrons. The van der Waals surface area contributed by atoms with Crippen molar-refractivity contribution in [2.24, 2.45) is 0 Å². The molecule has 8 heteroatoms. The summed E-state index contributed by atoms with van der Waals surface area (Å²) in [4.78, 5) is 21.0. The first-order chi connectivity index (χ1) is 13.3. The Morgan fingerprint density at radius 2 is 1.93 bits per heavy atom. The number of hydrogen-bond acceptors (Lipinski definition) is 6. The highest BCUT2D eigenvalue weighted by Gasteiger charge is 2.22. The highest BCUT2D eigenvalue weighted by Crippen LogP contribution is 2.24. The van der Waals surface area contributed by atoms with Crippen LogP contribution in [0.3, 0.4) is 0 Å². The molecule has 0 saturated carbocycles. The number of hydrogen-bond donors (Lipinski definition) is 2. The van der Waals surface area contributed by atoms with Crippen molar-refractivity contribution in [3.8, 4) is 11.4 Å². The predicted octanol–water partition coefficient (Wildman–Crippen LogP) is 4.42. The van der Waals surface area contributed by atoms with Crippen molar-refractivity contribution in [2.45, 2.75) is 46.0 Å². The first-order valence-corrected chi connectivity index (χ1v) is 10.2. The van der Waals surface area contributed by atoms with Crippen molar-refractivity contribution in [3.05, 3.63) is 46.2 Å². The van der Waals surface area contributed by atoms with Crippen LogP contribution in [0.15, 0.2) is 34.2 Å². The molecule has 0 unspecified atom stereocenters. The third-order valence-electron chi connectivity index (χ3n) is 4.04. The van der Waals surface area contributed by atoms with Crippen molar-refractivity contribution in [1.82, 2.24) is 20.4 Å². The fourth-order valence-electron chi connectivity index (χ4n) is 2.45. The van der Waals surface area contributed by atoms with Gasteiger partial charge in [-0.3, -0.25) is 0 Å². The lowest BCUT2D eigenvalue weighted by Gasteiger charge is -2.10. The molecular weight excluding hydrogens is 374 g/mol. The molecular formula is C20H25N5O2S. The van der Waals surface area contributed by atoms with Gasteiger partial charge in [-0.1, -0.05) is 32.9 Å². The molecule has 0 spiro atoms. The third-order valence-corrected chi connectivity index (χ3v) is 5.08. The van der Waals surface area contributed by atoms with Crippen LogP contribution in [0.1, 0.15) is 44.3 Å². The van der Waals surface area contributed by atoms with Crippen LogP contribution in [0.4, 0.5) is 10.5 Å². The highest BCUT2D eigenvalue weighted by atomic mass is 32.1. The van der Waals surface area contributed by atoms with Gasteiger partial charge in [0.15, 0.2) is 0 Å². The quantitative estimate of drug-likeness (QED) is 0.640. The topological polar surface area (TPSA) is 92.9 Å². The normalized spacial score (nSPS) is 11.4. The smallest absolute Gasteiger partial charge is 0.319 e. The van der Waals surface area contributed by atoms with Crippen molar-refractivity contribution >= 4 is 23.1 Å². The number of amides is 2. The fourth-order valence-corrected chi connectivity index (χ4v) is 3.23. The number of nitrogens with zero attached hydrogens (tertiary/aromatic N) is 3. The van der Waals surface area contributed by atoms with Gasteiger partial charge >= 0.3 is 6.03 Å². The van der Waals surface area contributed by atoms with Gasteiger partial charge in [0.2, 0.25) is 11.7 Å². The van der Waals surface area contributed by atoms with Gasteiger partial charge in [0.1, 0.15) is 0 Å². The average Bonchev–Trinajstić information content (AvgIpc) is 3.31. The maximum Gasteiger partial charge on any atom is 0.319 e. The van der Waals surface area contributed by atoms with Gasteiger partial charge in [0.05, 0.1) is 10.7 Å². The lowest BCUT2D eigenvalue weighted by atomic mass is 9.97. The SMILES string of the molecule is CCc1nc(CCNC(=O)Nc2ccc(-c3noc(C(C)(C)C)n3)cc2)cs1. The predicted molar refractivity (Wildman–Crippen MR) is 111 cm³/mol. The minimum Gasteiger partial charge on any atom is -0.338 e. The molecule has 3 aromatic rings. The summed E-state index contributed by atoms with van der Waals surface area (Å²) < 4.78 is 5.32. The van der Waals surface area contributed by atoms with Gasteiger partial charge < -0.3 is 15.2 Å². The molecule has 0 atom stereocenters. The summed E-state index contributed by atoms with van der Waals surface area (Å²) in [6.45, 7) is 8.68. The van der Waals surface area contributed by atoms with E-state index in [9.17, 15) is 4.79 Å². The molecule has 2 amide bonds. The lowest BCUT2D eigenvalue weighted by molar-refractivity contribution is 0.252. The zero-order valence-corrected chi connectivity index (χ0v) is 17.4. The molecule has 0 aliphatic heterocycles. The van der Waals surface area contributed by atoms with Gasteiger partial charge in [-0.25, -0.2) is 9.78 Å². The Hall–Kier alpha value is -2.74. The minimum atomic E-state index is -0.242. The number of carbonyl (C=O) groups excluding carboxylic acids is 1. The van der Waals surface area contributed by atoms with Gasteiger partial charge in [-0.15, -0.1) is 11.3 Å². The molecule has 3 rings (SSSR count). The molecule has 0 fully saturated rings. The van der Waals surface area contributed by atoms with Gasteiger partial charge in [-0.05, 0) is 30.7 Å². The molecule has 28 heavy (non-hydrogen) atoms. The zero-order valence-electron chi connectivity index (χ0n) is 16.6. The Bertz CT molecular complexity index is 925. The van der Waals surface area contributed by atoms with Crippen LogP contribution in [-0.2, 0) is 18.3 Å². The molecule has 148 valence electrons. The Morgan fingerprint density at radius 3 is 2.54 bits per heavy atom. The van der Waals surface area contributed by atoms with E-state index in [4.69, 9.17) is 4.52 Å². The second-order valence-corrected chi connectivity index (χ2v) is 8.41. The molecule has 7 nitrogen and oxygen atoms in total. The number of rotatable bonds is 6. The standard InChI is InChI=1S/C20H25N5O2S/c1-5-16-22-15(12-28-16)10-11-21-19(26)23-14-8-6-13(7-9-14)17-24-18(27-25-17)20(2,3)4/h6-9,12H,5,10-11H2,1-4H3,(H2,21,23,26). The minimum absolute atomic E-state index is 0.193. The number of benzene rings is 1. The molecule has 0 saturated heterocycles. The number of urea groups is 1. The lowest BCUT2D eigenvalue weighted by Crippen LogP contribution is -2.30. The van der Waals surface area contributed by atoms with E-state index >= 15 is 0 Å². The summed E-state index contributed by atoms with van der Waals surface area (Å²) in [5, 5.41) is 12.9. The molecule has 2 N–H and O–H groups in total. The largest absolute Gasteiger partial charge is 0.338 e. The number of aromatic nitrogens is 3. The molecule has 0 aliphatic rings. The Balaban J connectivity index is 1.50. The molecule has 0 aliphatic carbocycles. The summed E-state index contributed by atoms with van der Waals surface area (Å²) in [6.07, 6.45) is 1.66. The Labute approximate surface area is 168 Å². The summed E-state index contributed by atoms with van der Waals surface area (Å²) in [5.74, 6) is 1.13. The molecule has 1 aromatic carbocycles. The number of carbonyl (C=O) groups is 1. The van der Waals surface area contributed by atoms with E-state index in [2.05, 4.69) is 32.7 Å². The molecule has 2 heterocycles. The highest BCUT2D eigenvalue weighted by molar-refractivity contribution is 7.09. The first-order valence-electron chi connectivity index (χ1n) is 9.28. The van der Waals surface area contributed by atoms with Gasteiger partial charge in [-0.2, -0.15) is 4.98 Å². The summed E-state index contributed by atoms with van der Waals surface area (Å²) in [5.41, 5.74) is 2.35. The molecule has 0 bridgehead atoms. The van der Waals surface area contributed by atoms with E-state index in [0.29, 0.717) is 23.9 Å². The van der Waals surface area contributed by atoms with Crippen LogP contribution in [0.25, 0.3) is 11.4 Å². The van der Waals surface area contributed by atoms with E-state index in [-0.39, 0.29) is 11.4 Å². The number of thiazole rings is 1. The maximum atomic E-state index is 12.1. The van der Waals surface area contributed by atoms with Crippen LogP contribution in [0, 0.1) is 0 Å². The number of anilines is 1. The Morgan fingerprint density at radius 1 is 1.18 bits per heavy atom. The van der Waals surface area contributed by atoms with Crippen LogP contribution in [-0.4, -0.2) is 27.7 Å². The van der Waals surface area contributed by atoms with Crippen LogP contribution in [0.5, 0.6) is 0 Å². The fraction of sp³-hybridized carbons (Fsp3) is 0.400. The number of aryl methyl sites for hydroxylation is 1. The molecule has 2 aromatic heterocycles. The van der Waals surface area contributed by atoms with E-state index in [1.807, 2.05) is 50.4 Å². The maximum absolute atomic E-state index is 12.1. The van der Waals surface area contributed by atoms with Crippen LogP contribution in [0.2, 0.25) is 0 Å². The van der Waals surface area contributed by atoms with Crippen LogP contribution < -0.4 is 10.6 Å². The summed E-state index contributed by atoms with van der Waals surface area (Å²) in [6, 6.07) is 7.10. The van der Waals surface area contributed by atoms with E-state index in [0.717, 1.165) is 29.1 Å². The van der Waals surface area contributed by atoms with Crippen molar-refractivity contribution in [1.29, 1.82) is 0 Å². The van der Waals surface area contributed by atoms with Gasteiger partial charge in [0.25, 0.3) is 0 Å². The first kappa shape index (κ1) is 20.0. The van der Waals surface area contributed by atoms with E-state index in [1.54, 1.807) is 11.3 Å². The average molecular weight is 400 g/mol. The zero-order chi connectivity index (χ0) is 20.1. The summed E-state index contributed by atoms with van der Waals surface area (Å²) >= 11 is 1.66. The van der Waals surface area contributed by atoms with Crippen molar-refractivity contribution in [3.63, 3.8) is 0 Å². The van der Waals surface area contributed by atoms with E-state index < -0.39 is 0 Å². The van der Waals surface area contributed by atoms with Crippen LogP contribution >= 0.6 is 11.3 Å².